The number of carbonyl (C=O) groups is 1. The van der Waals surface area contributed by atoms with E-state index in [1.54, 1.807) is 6.20 Å². The molecular formula is C22H24ClN3O2. The monoisotopic (exact) mass is 397 g/mol. The van der Waals surface area contributed by atoms with Crippen molar-refractivity contribution in [1.82, 2.24) is 15.2 Å². The van der Waals surface area contributed by atoms with Gasteiger partial charge in [-0.2, -0.15) is 0 Å². The van der Waals surface area contributed by atoms with Crippen molar-refractivity contribution >= 4 is 23.6 Å². The van der Waals surface area contributed by atoms with Crippen LogP contribution in [0.1, 0.15) is 28.9 Å². The van der Waals surface area contributed by atoms with Crippen LogP contribution in [-0.2, 0) is 0 Å². The number of aromatic amines is 1. The molecule has 0 spiro atoms. The zero-order valence-electron chi connectivity index (χ0n) is 15.7. The number of carbonyl (C=O) groups excluding carboxylic acids is 1. The molecule has 2 aliphatic heterocycles. The second-order valence-corrected chi connectivity index (χ2v) is 8.58. The molecule has 1 amide bonds. The molecule has 1 unspecified atom stereocenters. The van der Waals surface area contributed by atoms with E-state index >= 15 is 0 Å². The molecule has 1 saturated carbocycles. The zero-order chi connectivity index (χ0) is 19.1. The van der Waals surface area contributed by atoms with Crippen LogP contribution in [0.25, 0.3) is 6.08 Å². The topological polar surface area (TPSA) is 57.4 Å². The highest BCUT2D eigenvalue weighted by Crippen LogP contribution is 2.38. The summed E-state index contributed by atoms with van der Waals surface area (Å²) in [6, 6.07) is 9.72. The molecule has 2 bridgehead atoms. The van der Waals surface area contributed by atoms with E-state index < -0.39 is 0 Å². The summed E-state index contributed by atoms with van der Waals surface area (Å²) in [5, 5.41) is 4.01. The van der Waals surface area contributed by atoms with E-state index in [1.807, 2.05) is 30.3 Å². The molecule has 2 aromatic rings. The quantitative estimate of drug-likeness (QED) is 0.829. The van der Waals surface area contributed by atoms with Crippen molar-refractivity contribution in [2.75, 3.05) is 26.2 Å². The summed E-state index contributed by atoms with van der Waals surface area (Å²) in [5.74, 6) is 1.95. The highest BCUT2D eigenvalue weighted by molar-refractivity contribution is 6.30. The first-order valence-corrected chi connectivity index (χ1v) is 10.3. The summed E-state index contributed by atoms with van der Waals surface area (Å²) < 4.78 is 5.90. The predicted molar refractivity (Wildman–Crippen MR) is 110 cm³/mol. The number of amides is 1. The molecule has 2 fully saturated rings. The van der Waals surface area contributed by atoms with E-state index in [4.69, 9.17) is 16.3 Å². The van der Waals surface area contributed by atoms with Crippen molar-refractivity contribution < 1.29 is 9.53 Å². The van der Waals surface area contributed by atoms with Crippen LogP contribution >= 0.6 is 11.6 Å². The van der Waals surface area contributed by atoms with Crippen LogP contribution in [0.4, 0.5) is 0 Å². The first-order valence-electron chi connectivity index (χ1n) is 9.94. The molecule has 5 rings (SSSR count). The normalized spacial score (nSPS) is 26.3. The van der Waals surface area contributed by atoms with Gasteiger partial charge in [0.25, 0.3) is 5.91 Å². The third-order valence-corrected chi connectivity index (χ3v) is 6.46. The van der Waals surface area contributed by atoms with Crippen molar-refractivity contribution in [1.29, 1.82) is 0 Å². The Hall–Kier alpha value is -2.24. The lowest BCUT2D eigenvalue weighted by atomic mass is 9.91. The van der Waals surface area contributed by atoms with Gasteiger partial charge >= 0.3 is 0 Å². The standard InChI is InChI=1S/C22H24ClN3O2/c23-18-5-6-20-17(9-18)8-14(13-28-20)10-26-11-15-3-4-16(12-26)21(15)25-22(27)19-2-1-7-24-19/h1-2,5-9,15-16,21,24H,3-4,10-13H2,(H,25,27)/t15-,16+,21?. The molecule has 3 aliphatic rings. The van der Waals surface area contributed by atoms with E-state index in [9.17, 15) is 4.79 Å². The fourth-order valence-electron chi connectivity index (χ4n) is 4.96. The maximum Gasteiger partial charge on any atom is 0.267 e. The summed E-state index contributed by atoms with van der Waals surface area (Å²) in [4.78, 5) is 18.0. The minimum Gasteiger partial charge on any atom is -0.489 e. The lowest BCUT2D eigenvalue weighted by molar-refractivity contribution is 0.0840. The highest BCUT2D eigenvalue weighted by atomic mass is 35.5. The molecule has 3 heterocycles. The second kappa shape index (κ2) is 7.30. The van der Waals surface area contributed by atoms with Crippen molar-refractivity contribution in [3.05, 3.63) is 58.4 Å². The number of nitrogens with one attached hydrogen (secondary N) is 2. The lowest BCUT2D eigenvalue weighted by Gasteiger charge is -2.39. The van der Waals surface area contributed by atoms with Gasteiger partial charge in [-0.3, -0.25) is 9.69 Å². The number of ether oxygens (including phenoxy) is 1. The van der Waals surface area contributed by atoms with Gasteiger partial charge in [0, 0.05) is 42.5 Å². The minimum absolute atomic E-state index is 0.0113. The van der Waals surface area contributed by atoms with Gasteiger partial charge in [0.2, 0.25) is 0 Å². The average Bonchev–Trinajstić information content (AvgIpc) is 3.29. The Labute approximate surface area is 169 Å². The molecule has 2 N–H and O–H groups in total. The number of fused-ring (bicyclic) bond motifs is 3. The number of piperidine rings is 1. The largest absolute Gasteiger partial charge is 0.489 e. The van der Waals surface area contributed by atoms with Crippen LogP contribution in [0.15, 0.2) is 42.1 Å². The summed E-state index contributed by atoms with van der Waals surface area (Å²) in [6.07, 6.45) is 6.37. The number of H-pyrrole nitrogens is 1. The van der Waals surface area contributed by atoms with Gasteiger partial charge in [-0.1, -0.05) is 11.6 Å². The fraction of sp³-hybridized carbons (Fsp3) is 0.409. The van der Waals surface area contributed by atoms with Crippen LogP contribution < -0.4 is 10.1 Å². The van der Waals surface area contributed by atoms with Crippen LogP contribution in [0, 0.1) is 11.8 Å². The molecule has 28 heavy (non-hydrogen) atoms. The van der Waals surface area contributed by atoms with Crippen molar-refractivity contribution in [2.45, 2.75) is 18.9 Å². The number of rotatable bonds is 4. The Kier molecular flexibility index (Phi) is 4.65. The summed E-state index contributed by atoms with van der Waals surface area (Å²) >= 11 is 6.13. The average molecular weight is 398 g/mol. The molecule has 1 aliphatic carbocycles. The summed E-state index contributed by atoms with van der Waals surface area (Å²) in [5.41, 5.74) is 2.98. The van der Waals surface area contributed by atoms with E-state index in [0.29, 0.717) is 24.1 Å². The minimum atomic E-state index is 0.0113. The fourth-order valence-corrected chi connectivity index (χ4v) is 5.14. The van der Waals surface area contributed by atoms with E-state index in [-0.39, 0.29) is 11.9 Å². The van der Waals surface area contributed by atoms with Gasteiger partial charge < -0.3 is 15.0 Å². The molecule has 0 radical (unpaired) electrons. The first kappa shape index (κ1) is 17.8. The zero-order valence-corrected chi connectivity index (χ0v) is 16.4. The Bertz CT molecular complexity index is 895. The van der Waals surface area contributed by atoms with Crippen molar-refractivity contribution in [3.8, 4) is 5.75 Å². The summed E-state index contributed by atoms with van der Waals surface area (Å²) in [6.45, 7) is 3.58. The number of halogens is 1. The van der Waals surface area contributed by atoms with Crippen molar-refractivity contribution in [3.63, 3.8) is 0 Å². The predicted octanol–water partition coefficient (Wildman–Crippen LogP) is 3.58. The number of hydrogen-bond acceptors (Lipinski definition) is 3. The Morgan fingerprint density at radius 2 is 2.07 bits per heavy atom. The Morgan fingerprint density at radius 3 is 2.82 bits per heavy atom. The summed E-state index contributed by atoms with van der Waals surface area (Å²) in [7, 11) is 0. The third kappa shape index (κ3) is 3.45. The second-order valence-electron chi connectivity index (χ2n) is 8.15. The smallest absolute Gasteiger partial charge is 0.267 e. The molecule has 6 heteroatoms. The number of nitrogens with zero attached hydrogens (tertiary/aromatic N) is 1. The SMILES string of the molecule is O=C(NC1[C@@H]2CC[C@H]1CN(CC1=Cc3cc(Cl)ccc3OC1)C2)c1ccc[nH]1. The highest BCUT2D eigenvalue weighted by Gasteiger charge is 2.42. The van der Waals surface area contributed by atoms with Gasteiger partial charge in [0.1, 0.15) is 18.1 Å². The Morgan fingerprint density at radius 1 is 1.25 bits per heavy atom. The Balaban J connectivity index is 1.24. The van der Waals surface area contributed by atoms with Gasteiger partial charge in [0.05, 0.1) is 0 Å². The van der Waals surface area contributed by atoms with Crippen molar-refractivity contribution in [2.24, 2.45) is 11.8 Å². The number of aromatic nitrogens is 1. The van der Waals surface area contributed by atoms with Crippen LogP contribution in [0.5, 0.6) is 5.75 Å². The van der Waals surface area contributed by atoms with Gasteiger partial charge in [-0.15, -0.1) is 0 Å². The van der Waals surface area contributed by atoms with Gasteiger partial charge in [-0.25, -0.2) is 0 Å². The van der Waals surface area contributed by atoms with Crippen LogP contribution in [0.3, 0.4) is 0 Å². The first-order chi connectivity index (χ1) is 13.7. The molecular weight excluding hydrogens is 374 g/mol. The molecule has 5 nitrogen and oxygen atoms in total. The maximum atomic E-state index is 12.4. The maximum absolute atomic E-state index is 12.4. The molecule has 1 aromatic carbocycles. The number of likely N-dealkylation sites (tertiary alicyclic amines) is 1. The van der Waals surface area contributed by atoms with Gasteiger partial charge in [-0.05, 0) is 66.7 Å². The lowest BCUT2D eigenvalue weighted by Crippen LogP contribution is -2.53. The molecule has 3 atom stereocenters. The number of hydrogen-bond donors (Lipinski definition) is 2. The van der Waals surface area contributed by atoms with E-state index in [2.05, 4.69) is 21.3 Å². The molecule has 146 valence electrons. The molecule has 1 aromatic heterocycles. The molecule has 1 saturated heterocycles. The third-order valence-electron chi connectivity index (χ3n) is 6.22. The number of benzene rings is 1. The van der Waals surface area contributed by atoms with E-state index in [1.165, 1.54) is 18.4 Å². The van der Waals surface area contributed by atoms with Gasteiger partial charge in [0.15, 0.2) is 0 Å². The van der Waals surface area contributed by atoms with E-state index in [0.717, 1.165) is 36.0 Å². The van der Waals surface area contributed by atoms with Crippen LogP contribution in [0.2, 0.25) is 5.02 Å². The van der Waals surface area contributed by atoms with Crippen LogP contribution in [-0.4, -0.2) is 48.1 Å².